The lowest BCUT2D eigenvalue weighted by atomic mass is 9.94. The number of esters is 1. The standard InChI is InChI=1S/C32H28N2O6S/c1-6-16-40-26-14-12-20-10-8-9-11-22(20)23(26)18-27-30(35)34-29(24-17-21(37-4)13-15-25(24)38-5)28(31(36)39-7-2)19(3)33-32(34)41-27/h1,8-15,17-18,29H,7,16H2,2-5H3/b27-18-/t29-/m0/s1. The first-order chi connectivity index (χ1) is 19.9. The Hall–Kier alpha value is -4.81. The Labute approximate surface area is 240 Å². The summed E-state index contributed by atoms with van der Waals surface area (Å²) in [5.41, 5.74) is 1.67. The summed E-state index contributed by atoms with van der Waals surface area (Å²) in [7, 11) is 3.09. The molecule has 41 heavy (non-hydrogen) atoms. The van der Waals surface area contributed by atoms with Gasteiger partial charge in [-0.05, 0) is 55.0 Å². The molecular formula is C32H28N2O6S. The van der Waals surface area contributed by atoms with Crippen molar-refractivity contribution in [2.24, 2.45) is 4.99 Å². The fourth-order valence-corrected chi connectivity index (χ4v) is 5.97. The molecular weight excluding hydrogens is 540 g/mol. The van der Waals surface area contributed by atoms with Crippen molar-refractivity contribution >= 4 is 34.2 Å². The van der Waals surface area contributed by atoms with Gasteiger partial charge in [0.1, 0.15) is 29.9 Å². The van der Waals surface area contributed by atoms with Crippen LogP contribution in [0.3, 0.4) is 0 Å². The maximum Gasteiger partial charge on any atom is 0.338 e. The van der Waals surface area contributed by atoms with Crippen LogP contribution in [0.25, 0.3) is 16.8 Å². The van der Waals surface area contributed by atoms with Gasteiger partial charge >= 0.3 is 5.97 Å². The normalized spacial score (nSPS) is 14.7. The van der Waals surface area contributed by atoms with E-state index in [9.17, 15) is 9.59 Å². The first-order valence-corrected chi connectivity index (χ1v) is 13.7. The maximum absolute atomic E-state index is 14.2. The van der Waals surface area contributed by atoms with Gasteiger partial charge in [-0.3, -0.25) is 9.36 Å². The third-order valence-corrected chi connectivity index (χ3v) is 7.75. The minimum absolute atomic E-state index is 0.0815. The molecule has 0 N–H and O–H groups in total. The minimum atomic E-state index is -0.859. The predicted octanol–water partition coefficient (Wildman–Crippen LogP) is 3.98. The summed E-state index contributed by atoms with van der Waals surface area (Å²) in [4.78, 5) is 32.6. The number of nitrogens with zero attached hydrogens (tertiary/aromatic N) is 2. The molecule has 1 aliphatic heterocycles. The number of allylic oxidation sites excluding steroid dienone is 1. The summed E-state index contributed by atoms with van der Waals surface area (Å²) >= 11 is 1.22. The third-order valence-electron chi connectivity index (χ3n) is 6.77. The van der Waals surface area contributed by atoms with E-state index >= 15 is 0 Å². The molecule has 0 saturated carbocycles. The molecule has 208 valence electrons. The van der Waals surface area contributed by atoms with Gasteiger partial charge in [0.05, 0.1) is 36.6 Å². The molecule has 2 heterocycles. The zero-order valence-corrected chi connectivity index (χ0v) is 23.9. The first-order valence-electron chi connectivity index (χ1n) is 12.9. The smallest absolute Gasteiger partial charge is 0.338 e. The number of benzene rings is 3. The molecule has 0 radical (unpaired) electrons. The average molecular weight is 569 g/mol. The Morgan fingerprint density at radius 2 is 1.90 bits per heavy atom. The number of hydrogen-bond acceptors (Lipinski definition) is 8. The van der Waals surface area contributed by atoms with E-state index in [4.69, 9.17) is 25.4 Å². The summed E-state index contributed by atoms with van der Waals surface area (Å²) < 4.78 is 24.3. The van der Waals surface area contributed by atoms with Crippen molar-refractivity contribution in [3.63, 3.8) is 0 Å². The van der Waals surface area contributed by atoms with Crippen molar-refractivity contribution in [2.45, 2.75) is 19.9 Å². The van der Waals surface area contributed by atoms with Crippen LogP contribution in [-0.4, -0.2) is 38.0 Å². The van der Waals surface area contributed by atoms with Gasteiger partial charge in [-0.1, -0.05) is 47.6 Å². The number of ether oxygens (including phenoxy) is 4. The van der Waals surface area contributed by atoms with E-state index in [0.29, 0.717) is 37.8 Å². The van der Waals surface area contributed by atoms with Crippen LogP contribution in [0.15, 0.2) is 75.7 Å². The van der Waals surface area contributed by atoms with Gasteiger partial charge in [0.2, 0.25) is 0 Å². The van der Waals surface area contributed by atoms with Crippen molar-refractivity contribution in [3.8, 4) is 29.6 Å². The number of methoxy groups -OCH3 is 2. The lowest BCUT2D eigenvalue weighted by Gasteiger charge is -2.26. The number of terminal acetylenes is 1. The van der Waals surface area contributed by atoms with E-state index in [0.717, 1.165) is 16.3 Å². The molecule has 1 aromatic heterocycles. The zero-order valence-electron chi connectivity index (χ0n) is 23.1. The SMILES string of the molecule is C#CCOc1ccc2ccccc2c1/C=c1\sc2n(c1=O)[C@@H](c1cc(OC)ccc1OC)C(C(=O)OCC)=C(C)N=2. The van der Waals surface area contributed by atoms with Gasteiger partial charge in [0, 0.05) is 11.1 Å². The summed E-state index contributed by atoms with van der Waals surface area (Å²) in [6.07, 6.45) is 7.25. The van der Waals surface area contributed by atoms with E-state index in [1.165, 1.54) is 23.0 Å². The molecule has 0 aliphatic carbocycles. The predicted molar refractivity (Wildman–Crippen MR) is 158 cm³/mol. The number of fused-ring (bicyclic) bond motifs is 2. The van der Waals surface area contributed by atoms with Gasteiger partial charge in [-0.2, -0.15) is 0 Å². The van der Waals surface area contributed by atoms with Crippen LogP contribution in [0.4, 0.5) is 0 Å². The lowest BCUT2D eigenvalue weighted by molar-refractivity contribution is -0.139. The van der Waals surface area contributed by atoms with Crippen molar-refractivity contribution in [3.05, 3.63) is 96.7 Å². The first kappa shape index (κ1) is 27.7. The van der Waals surface area contributed by atoms with Gasteiger partial charge in [-0.25, -0.2) is 9.79 Å². The highest BCUT2D eigenvalue weighted by molar-refractivity contribution is 7.07. The molecule has 0 spiro atoms. The molecule has 4 aromatic rings. The molecule has 1 aliphatic rings. The summed E-state index contributed by atoms with van der Waals surface area (Å²) in [6.45, 7) is 3.72. The van der Waals surface area contributed by atoms with Crippen molar-refractivity contribution in [1.29, 1.82) is 0 Å². The molecule has 0 fully saturated rings. The molecule has 0 amide bonds. The maximum atomic E-state index is 14.2. The summed E-state index contributed by atoms with van der Waals surface area (Å²) in [5.74, 6) is 3.53. The second kappa shape index (κ2) is 11.7. The highest BCUT2D eigenvalue weighted by Gasteiger charge is 2.35. The van der Waals surface area contributed by atoms with Gasteiger partial charge in [-0.15, -0.1) is 6.42 Å². The van der Waals surface area contributed by atoms with Crippen LogP contribution in [0.2, 0.25) is 0 Å². The second-order valence-electron chi connectivity index (χ2n) is 9.10. The largest absolute Gasteiger partial charge is 0.497 e. The molecule has 9 heteroatoms. The van der Waals surface area contributed by atoms with Gasteiger partial charge in [0.15, 0.2) is 4.80 Å². The number of thiazole rings is 1. The van der Waals surface area contributed by atoms with Crippen LogP contribution in [0.1, 0.15) is 31.0 Å². The number of hydrogen-bond donors (Lipinski definition) is 0. The number of aromatic nitrogens is 1. The summed E-state index contributed by atoms with van der Waals surface area (Å²) in [5, 5.41) is 1.89. The Balaban J connectivity index is 1.81. The van der Waals surface area contributed by atoms with Crippen LogP contribution in [0, 0.1) is 12.3 Å². The fourth-order valence-electron chi connectivity index (χ4n) is 4.94. The highest BCUT2D eigenvalue weighted by atomic mass is 32.1. The lowest BCUT2D eigenvalue weighted by Crippen LogP contribution is -2.40. The van der Waals surface area contributed by atoms with E-state index in [2.05, 4.69) is 10.9 Å². The van der Waals surface area contributed by atoms with Crippen LogP contribution < -0.4 is 29.1 Å². The quantitative estimate of drug-likeness (QED) is 0.236. The van der Waals surface area contributed by atoms with Crippen molar-refractivity contribution < 1.29 is 23.7 Å². The second-order valence-corrected chi connectivity index (χ2v) is 10.1. The van der Waals surface area contributed by atoms with E-state index < -0.39 is 12.0 Å². The number of rotatable bonds is 8. The van der Waals surface area contributed by atoms with Gasteiger partial charge in [0.25, 0.3) is 5.56 Å². The highest BCUT2D eigenvalue weighted by Crippen LogP contribution is 2.38. The molecule has 0 bridgehead atoms. The Bertz CT molecular complexity index is 1910. The Morgan fingerprint density at radius 3 is 2.63 bits per heavy atom. The van der Waals surface area contributed by atoms with E-state index in [1.807, 2.05) is 36.4 Å². The zero-order chi connectivity index (χ0) is 29.1. The molecule has 1 atom stereocenters. The van der Waals surface area contributed by atoms with Crippen LogP contribution in [0.5, 0.6) is 17.2 Å². The molecule has 0 saturated heterocycles. The van der Waals surface area contributed by atoms with E-state index in [1.54, 1.807) is 45.2 Å². The molecule has 0 unspecified atom stereocenters. The number of carbonyl (C=O) groups excluding carboxylic acids is 1. The Kier molecular flexibility index (Phi) is 7.95. The topological polar surface area (TPSA) is 88.3 Å². The minimum Gasteiger partial charge on any atom is -0.497 e. The Morgan fingerprint density at radius 1 is 1.12 bits per heavy atom. The molecule has 3 aromatic carbocycles. The third kappa shape index (κ3) is 5.10. The van der Waals surface area contributed by atoms with Crippen molar-refractivity contribution in [2.75, 3.05) is 27.4 Å². The molecule has 5 rings (SSSR count). The fraction of sp³-hybridized carbons (Fsp3) is 0.219. The number of carbonyl (C=O) groups is 1. The van der Waals surface area contributed by atoms with Crippen LogP contribution in [-0.2, 0) is 9.53 Å². The summed E-state index contributed by atoms with van der Waals surface area (Å²) in [6, 6.07) is 16.0. The van der Waals surface area contributed by atoms with Crippen LogP contribution >= 0.6 is 11.3 Å². The van der Waals surface area contributed by atoms with E-state index in [-0.39, 0.29) is 24.3 Å². The monoisotopic (exact) mass is 568 g/mol. The van der Waals surface area contributed by atoms with Gasteiger partial charge < -0.3 is 18.9 Å². The average Bonchev–Trinajstić information content (AvgIpc) is 3.29. The molecule has 8 nitrogen and oxygen atoms in total. The van der Waals surface area contributed by atoms with Crippen molar-refractivity contribution in [1.82, 2.24) is 4.57 Å².